The van der Waals surface area contributed by atoms with E-state index in [2.05, 4.69) is 33.9 Å². The van der Waals surface area contributed by atoms with Crippen molar-refractivity contribution in [1.29, 1.82) is 0 Å². The van der Waals surface area contributed by atoms with E-state index in [0.29, 0.717) is 11.1 Å². The highest BCUT2D eigenvalue weighted by atomic mass is 28.4. The van der Waals surface area contributed by atoms with Crippen molar-refractivity contribution in [3.8, 4) is 0 Å². The van der Waals surface area contributed by atoms with Crippen LogP contribution >= 0.6 is 0 Å². The zero-order valence-corrected chi connectivity index (χ0v) is 33.5. The maximum absolute atomic E-state index is 14.3. The van der Waals surface area contributed by atoms with Crippen LogP contribution in [0, 0.1) is 16.7 Å². The van der Waals surface area contributed by atoms with E-state index in [1.807, 2.05) is 0 Å². The Bertz CT molecular complexity index is 1630. The first-order chi connectivity index (χ1) is 23.8. The molecule has 13 heteroatoms. The van der Waals surface area contributed by atoms with Gasteiger partial charge in [0, 0.05) is 44.4 Å². The summed E-state index contributed by atoms with van der Waals surface area (Å²) in [6.45, 7) is 21.0. The van der Waals surface area contributed by atoms with Gasteiger partial charge in [0.05, 0.1) is 24.2 Å². The third-order valence-corrected chi connectivity index (χ3v) is 17.4. The Morgan fingerprint density at radius 1 is 0.923 bits per heavy atom. The van der Waals surface area contributed by atoms with Crippen LogP contribution in [0.5, 0.6) is 0 Å². The van der Waals surface area contributed by atoms with Crippen LogP contribution in [0.1, 0.15) is 92.4 Å². The molecule has 1 aromatic carbocycles. The lowest BCUT2D eigenvalue weighted by atomic mass is 9.44. The number of hydrogen-bond donors (Lipinski definition) is 2. The normalized spacial score (nSPS) is 36.8. The van der Waals surface area contributed by atoms with Crippen molar-refractivity contribution in [2.24, 2.45) is 16.7 Å². The standard InChI is InChI=1S/C39H56O12Si/c1-21-26(47-22(2)40)19-39(45)33(49-34(44)25-16-14-13-15-17-25)31-37(10,32(43)30(48-23(3)41)29(21)36(39,8)9)27(51-52(11,12)35(5,6)7)18-28-38(31,20-46-28)50-24(4)42/h13-17,26-28,30-33,43,45H,18-20H2,1-12H3/t26?,27?,28?,30?,31?,32?,33?,37-,38+,39?/m1/s1. The number of aliphatic hydroxyl groups excluding tert-OH is 1. The van der Waals surface area contributed by atoms with Crippen molar-refractivity contribution < 1.29 is 57.5 Å². The fourth-order valence-electron chi connectivity index (χ4n) is 9.15. The molecule has 0 radical (unpaired) electrons. The van der Waals surface area contributed by atoms with E-state index in [-0.39, 0.29) is 30.1 Å². The summed E-state index contributed by atoms with van der Waals surface area (Å²) in [4.78, 5) is 52.9. The van der Waals surface area contributed by atoms with Gasteiger partial charge in [-0.1, -0.05) is 59.7 Å². The van der Waals surface area contributed by atoms with Gasteiger partial charge in [-0.2, -0.15) is 0 Å². The summed E-state index contributed by atoms with van der Waals surface area (Å²) in [6.07, 6.45) is -7.17. The number of esters is 4. The van der Waals surface area contributed by atoms with Gasteiger partial charge in [-0.3, -0.25) is 14.4 Å². The molecule has 2 N–H and O–H groups in total. The van der Waals surface area contributed by atoms with Crippen LogP contribution < -0.4 is 0 Å². The maximum atomic E-state index is 14.3. The first-order valence-electron chi connectivity index (χ1n) is 18.1. The molecule has 1 aliphatic heterocycles. The van der Waals surface area contributed by atoms with Crippen LogP contribution in [-0.2, 0) is 42.5 Å². The molecule has 2 bridgehead atoms. The van der Waals surface area contributed by atoms with Crippen LogP contribution in [-0.4, -0.2) is 96.8 Å². The van der Waals surface area contributed by atoms with E-state index in [1.165, 1.54) is 20.8 Å². The van der Waals surface area contributed by atoms with Gasteiger partial charge in [0.2, 0.25) is 0 Å². The number of carbonyl (C=O) groups is 4. The second-order valence-corrected chi connectivity index (χ2v) is 22.2. The van der Waals surface area contributed by atoms with Crippen LogP contribution in [0.3, 0.4) is 0 Å². The molecule has 12 nitrogen and oxygen atoms in total. The molecule has 1 aromatic rings. The Morgan fingerprint density at radius 3 is 2.02 bits per heavy atom. The fourth-order valence-corrected chi connectivity index (χ4v) is 10.6. The smallest absolute Gasteiger partial charge is 0.338 e. The first-order valence-corrected chi connectivity index (χ1v) is 21.0. The first kappa shape index (κ1) is 40.1. The summed E-state index contributed by atoms with van der Waals surface area (Å²) in [5.74, 6) is -3.91. The molecule has 5 rings (SSSR count). The van der Waals surface area contributed by atoms with Gasteiger partial charge >= 0.3 is 23.9 Å². The SMILES string of the molecule is CC(=O)OC1CC2(O)C(OC(=O)c3ccccc3)C3[C@]4(OC(C)=O)COC4CC(O[Si](C)(C)C(C)(C)C)[C@@]3(C)C(O)C(OC(C)=O)C(=C1C)C2(C)C. The Morgan fingerprint density at radius 2 is 1.52 bits per heavy atom. The summed E-state index contributed by atoms with van der Waals surface area (Å²) in [7, 11) is -2.66. The topological polar surface area (TPSA) is 164 Å². The second-order valence-electron chi connectivity index (χ2n) is 17.4. The van der Waals surface area contributed by atoms with Crippen molar-refractivity contribution in [3.63, 3.8) is 0 Å². The zero-order chi connectivity index (χ0) is 39.0. The van der Waals surface area contributed by atoms with E-state index in [1.54, 1.807) is 58.0 Å². The Hall–Kier alpha value is -3.10. The van der Waals surface area contributed by atoms with Gasteiger partial charge in [0.15, 0.2) is 20.0 Å². The lowest BCUT2D eigenvalue weighted by Crippen LogP contribution is -2.83. The molecule has 288 valence electrons. The van der Waals surface area contributed by atoms with Crippen molar-refractivity contribution >= 4 is 32.2 Å². The minimum absolute atomic E-state index is 0.125. The number of carbonyl (C=O) groups excluding carboxylic acids is 4. The van der Waals surface area contributed by atoms with E-state index in [4.69, 9.17) is 28.1 Å². The minimum Gasteiger partial charge on any atom is -0.458 e. The summed E-state index contributed by atoms with van der Waals surface area (Å²) in [6, 6.07) is 8.31. The lowest BCUT2D eigenvalue weighted by molar-refractivity contribution is -0.363. The molecule has 0 spiro atoms. The van der Waals surface area contributed by atoms with Gasteiger partial charge in [-0.25, -0.2) is 4.79 Å². The Labute approximate surface area is 307 Å². The fraction of sp³-hybridized carbons (Fsp3) is 0.692. The van der Waals surface area contributed by atoms with E-state index in [9.17, 15) is 29.4 Å². The molecule has 1 heterocycles. The number of fused-ring (bicyclic) bond motifs is 5. The molecule has 4 aliphatic rings. The summed E-state index contributed by atoms with van der Waals surface area (Å²) in [5, 5.41) is 26.4. The number of benzene rings is 1. The third kappa shape index (κ3) is 6.23. The van der Waals surface area contributed by atoms with Crippen molar-refractivity contribution in [3.05, 3.63) is 47.0 Å². The van der Waals surface area contributed by atoms with Gasteiger partial charge in [-0.05, 0) is 48.3 Å². The quantitative estimate of drug-likeness (QED) is 0.166. The monoisotopic (exact) mass is 744 g/mol. The van der Waals surface area contributed by atoms with Gasteiger partial charge in [-0.15, -0.1) is 0 Å². The van der Waals surface area contributed by atoms with E-state index in [0.717, 1.165) is 0 Å². The predicted molar refractivity (Wildman–Crippen MR) is 191 cm³/mol. The molecule has 52 heavy (non-hydrogen) atoms. The highest BCUT2D eigenvalue weighted by molar-refractivity contribution is 6.74. The molecule has 0 amide bonds. The summed E-state index contributed by atoms with van der Waals surface area (Å²) < 4.78 is 38.1. The number of hydrogen-bond acceptors (Lipinski definition) is 12. The van der Waals surface area contributed by atoms with Gasteiger partial charge in [0.1, 0.15) is 30.0 Å². The number of aliphatic hydroxyl groups is 2. The number of rotatable bonds is 7. The molecular weight excluding hydrogens is 689 g/mol. The largest absolute Gasteiger partial charge is 0.458 e. The molecule has 0 aromatic heterocycles. The van der Waals surface area contributed by atoms with Crippen molar-refractivity contribution in [2.75, 3.05) is 6.61 Å². The maximum Gasteiger partial charge on any atom is 0.338 e. The van der Waals surface area contributed by atoms with E-state index >= 15 is 0 Å². The average molecular weight is 745 g/mol. The van der Waals surface area contributed by atoms with Crippen LogP contribution in [0.25, 0.3) is 0 Å². The Kier molecular flexibility index (Phi) is 10.3. The van der Waals surface area contributed by atoms with Crippen molar-refractivity contribution in [2.45, 2.75) is 148 Å². The highest BCUT2D eigenvalue weighted by Gasteiger charge is 2.78. The minimum atomic E-state index is -2.66. The van der Waals surface area contributed by atoms with Crippen LogP contribution in [0.4, 0.5) is 0 Å². The van der Waals surface area contributed by atoms with Crippen LogP contribution in [0.2, 0.25) is 18.1 Å². The van der Waals surface area contributed by atoms with Crippen LogP contribution in [0.15, 0.2) is 41.5 Å². The zero-order valence-electron chi connectivity index (χ0n) is 32.5. The summed E-state index contributed by atoms with van der Waals surface area (Å²) in [5.41, 5.74) is -5.51. The predicted octanol–water partition coefficient (Wildman–Crippen LogP) is 5.04. The molecule has 1 saturated heterocycles. The average Bonchev–Trinajstić information content (AvgIpc) is 3.01. The molecular formula is C39H56O12Si. The summed E-state index contributed by atoms with van der Waals surface area (Å²) >= 11 is 0. The molecule has 8 unspecified atom stereocenters. The molecule has 2 saturated carbocycles. The van der Waals surface area contributed by atoms with Gasteiger partial charge in [0.25, 0.3) is 0 Å². The lowest BCUT2D eigenvalue weighted by Gasteiger charge is -2.70. The highest BCUT2D eigenvalue weighted by Crippen LogP contribution is 2.66. The molecule has 3 aliphatic carbocycles. The second kappa shape index (κ2) is 13.3. The Balaban J connectivity index is 1.91. The molecule has 3 fully saturated rings. The van der Waals surface area contributed by atoms with Gasteiger partial charge < -0.3 is 38.3 Å². The third-order valence-electron chi connectivity index (χ3n) is 12.9. The van der Waals surface area contributed by atoms with Crippen molar-refractivity contribution in [1.82, 2.24) is 0 Å². The number of ether oxygens (including phenoxy) is 5. The molecule has 10 atom stereocenters. The van der Waals surface area contributed by atoms with E-state index < -0.39 is 96.8 Å².